The highest BCUT2D eigenvalue weighted by Crippen LogP contribution is 2.32. The van der Waals surface area contributed by atoms with Crippen LogP contribution < -0.4 is 19.6 Å². The smallest absolute Gasteiger partial charge is 0.271 e. The third-order valence-electron chi connectivity index (χ3n) is 4.19. The normalized spacial score (nSPS) is 13.7. The Morgan fingerprint density at radius 3 is 2.64 bits per heavy atom. The second-order valence-electron chi connectivity index (χ2n) is 7.32. The Balaban J connectivity index is 1.47. The van der Waals surface area contributed by atoms with Gasteiger partial charge in [-0.05, 0) is 60.2 Å². The first kappa shape index (κ1) is 19.7. The zero-order chi connectivity index (χ0) is 19.9. The molecular weight excluding hydrogens is 356 g/mol. The summed E-state index contributed by atoms with van der Waals surface area (Å²) in [5.74, 6) is 2.67. The van der Waals surface area contributed by atoms with E-state index in [0.717, 1.165) is 29.2 Å². The molecule has 0 unspecified atom stereocenters. The monoisotopic (exact) mass is 382 g/mol. The van der Waals surface area contributed by atoms with Gasteiger partial charge in [-0.15, -0.1) is 0 Å². The molecule has 148 valence electrons. The molecule has 0 saturated carbocycles. The highest BCUT2D eigenvalue weighted by Gasteiger charge is 2.14. The van der Waals surface area contributed by atoms with Crippen LogP contribution in [-0.2, 0) is 6.42 Å². The number of hydrogen-bond donors (Lipinski definition) is 1. The number of nitrogens with one attached hydrogen (secondary N) is 1. The van der Waals surface area contributed by atoms with Crippen LogP contribution in [0.1, 0.15) is 36.7 Å². The van der Waals surface area contributed by atoms with Crippen molar-refractivity contribution in [3.05, 3.63) is 53.6 Å². The van der Waals surface area contributed by atoms with Gasteiger partial charge in [-0.3, -0.25) is 4.79 Å². The molecule has 1 atom stereocenters. The Morgan fingerprint density at radius 1 is 1.14 bits per heavy atom. The maximum Gasteiger partial charge on any atom is 0.271 e. The van der Waals surface area contributed by atoms with Gasteiger partial charge in [0.15, 0.2) is 11.5 Å². The number of nitrogens with zero attached hydrogens (tertiary/aromatic N) is 1. The number of fused-ring (bicyclic) bond motifs is 1. The minimum atomic E-state index is -0.248. The molecule has 1 aliphatic rings. The van der Waals surface area contributed by atoms with E-state index < -0.39 is 0 Å². The molecule has 2 aromatic carbocycles. The summed E-state index contributed by atoms with van der Waals surface area (Å²) in [7, 11) is 0. The van der Waals surface area contributed by atoms with Crippen LogP contribution in [0.5, 0.6) is 17.2 Å². The van der Waals surface area contributed by atoms with Gasteiger partial charge in [0.2, 0.25) is 6.79 Å². The number of hydrogen-bond acceptors (Lipinski definition) is 5. The molecule has 0 aromatic heterocycles. The molecule has 1 aliphatic heterocycles. The Morgan fingerprint density at radius 2 is 1.89 bits per heavy atom. The SMILES string of the molecule is CC(C)COc1ccc(C(=O)N/N=C\[C@H](C)Cc2ccc3c(c2)OCO3)cc1. The van der Waals surface area contributed by atoms with Gasteiger partial charge in [0, 0.05) is 11.8 Å². The Kier molecular flexibility index (Phi) is 6.53. The number of benzene rings is 2. The quantitative estimate of drug-likeness (QED) is 0.552. The molecule has 2 aromatic rings. The van der Waals surface area contributed by atoms with Crippen molar-refractivity contribution in [2.75, 3.05) is 13.4 Å². The van der Waals surface area contributed by atoms with Crippen molar-refractivity contribution < 1.29 is 19.0 Å². The zero-order valence-electron chi connectivity index (χ0n) is 16.5. The largest absolute Gasteiger partial charge is 0.493 e. The van der Waals surface area contributed by atoms with Gasteiger partial charge < -0.3 is 14.2 Å². The third kappa shape index (κ3) is 5.49. The lowest BCUT2D eigenvalue weighted by atomic mass is 10.0. The highest BCUT2D eigenvalue weighted by atomic mass is 16.7. The summed E-state index contributed by atoms with van der Waals surface area (Å²) in [5.41, 5.74) is 4.24. The topological polar surface area (TPSA) is 69.2 Å². The van der Waals surface area contributed by atoms with Gasteiger partial charge in [0.1, 0.15) is 5.75 Å². The molecule has 0 bridgehead atoms. The van der Waals surface area contributed by atoms with Gasteiger partial charge in [-0.1, -0.05) is 26.8 Å². The summed E-state index contributed by atoms with van der Waals surface area (Å²) >= 11 is 0. The van der Waals surface area contributed by atoms with Gasteiger partial charge in [0.05, 0.1) is 6.61 Å². The van der Waals surface area contributed by atoms with Crippen molar-refractivity contribution in [1.82, 2.24) is 5.43 Å². The summed E-state index contributed by atoms with van der Waals surface area (Å²) < 4.78 is 16.3. The van der Waals surface area contributed by atoms with Crippen LogP contribution in [0.15, 0.2) is 47.6 Å². The van der Waals surface area contributed by atoms with E-state index in [0.29, 0.717) is 18.1 Å². The van der Waals surface area contributed by atoms with Crippen molar-refractivity contribution in [1.29, 1.82) is 0 Å². The van der Waals surface area contributed by atoms with Gasteiger partial charge in [-0.25, -0.2) is 5.43 Å². The number of ether oxygens (including phenoxy) is 3. The summed E-state index contributed by atoms with van der Waals surface area (Å²) in [6, 6.07) is 13.0. The predicted molar refractivity (Wildman–Crippen MR) is 108 cm³/mol. The summed E-state index contributed by atoms with van der Waals surface area (Å²) in [6.07, 6.45) is 2.53. The molecule has 6 heteroatoms. The van der Waals surface area contributed by atoms with Gasteiger partial charge in [-0.2, -0.15) is 5.10 Å². The number of amides is 1. The first-order valence-corrected chi connectivity index (χ1v) is 9.46. The van der Waals surface area contributed by atoms with Crippen LogP contribution >= 0.6 is 0 Å². The Bertz CT molecular complexity index is 831. The van der Waals surface area contributed by atoms with E-state index in [1.165, 1.54) is 0 Å². The molecular formula is C22H26N2O4. The molecule has 28 heavy (non-hydrogen) atoms. The van der Waals surface area contributed by atoms with Crippen LogP contribution in [0.4, 0.5) is 0 Å². The minimum Gasteiger partial charge on any atom is -0.493 e. The summed E-state index contributed by atoms with van der Waals surface area (Å²) in [5, 5.41) is 4.09. The average Bonchev–Trinajstić information content (AvgIpc) is 3.14. The highest BCUT2D eigenvalue weighted by molar-refractivity contribution is 5.94. The molecule has 0 aliphatic carbocycles. The van der Waals surface area contributed by atoms with Gasteiger partial charge >= 0.3 is 0 Å². The fraction of sp³-hybridized carbons (Fsp3) is 0.364. The van der Waals surface area contributed by atoms with Crippen LogP contribution in [0.3, 0.4) is 0 Å². The molecule has 0 saturated heterocycles. The lowest BCUT2D eigenvalue weighted by Gasteiger charge is -2.09. The minimum absolute atomic E-state index is 0.160. The van der Waals surface area contributed by atoms with E-state index in [2.05, 4.69) is 24.4 Å². The number of carbonyl (C=O) groups is 1. The molecule has 6 nitrogen and oxygen atoms in total. The zero-order valence-corrected chi connectivity index (χ0v) is 16.5. The summed E-state index contributed by atoms with van der Waals surface area (Å²) in [4.78, 5) is 12.2. The molecule has 0 radical (unpaired) electrons. The van der Waals surface area contributed by atoms with Gasteiger partial charge in [0.25, 0.3) is 5.91 Å². The van der Waals surface area contributed by atoms with E-state index in [4.69, 9.17) is 14.2 Å². The van der Waals surface area contributed by atoms with E-state index in [9.17, 15) is 4.79 Å². The summed E-state index contributed by atoms with van der Waals surface area (Å²) in [6.45, 7) is 7.14. The molecule has 0 fully saturated rings. The molecule has 0 spiro atoms. The molecule has 1 heterocycles. The van der Waals surface area contributed by atoms with E-state index in [-0.39, 0.29) is 18.6 Å². The average molecular weight is 382 g/mol. The number of rotatable bonds is 8. The molecule has 3 rings (SSSR count). The Hall–Kier alpha value is -3.02. The van der Waals surface area contributed by atoms with E-state index in [1.54, 1.807) is 30.5 Å². The van der Waals surface area contributed by atoms with Crippen LogP contribution in [0, 0.1) is 11.8 Å². The third-order valence-corrected chi connectivity index (χ3v) is 4.19. The maximum absolute atomic E-state index is 12.2. The first-order chi connectivity index (χ1) is 13.5. The standard InChI is InChI=1S/C22H26N2O4/c1-15(2)13-26-19-7-5-18(6-8-19)22(25)24-23-12-16(3)10-17-4-9-20-21(11-17)28-14-27-20/h4-9,11-12,15-16H,10,13-14H2,1-3H3,(H,24,25)/b23-12-/t16-/m1/s1. The first-order valence-electron chi connectivity index (χ1n) is 9.46. The maximum atomic E-state index is 12.2. The van der Waals surface area contributed by atoms with Crippen LogP contribution in [0.2, 0.25) is 0 Å². The molecule has 1 amide bonds. The van der Waals surface area contributed by atoms with Crippen molar-refractivity contribution in [2.24, 2.45) is 16.9 Å². The molecule has 1 N–H and O–H groups in total. The van der Waals surface area contributed by atoms with Crippen molar-refractivity contribution >= 4 is 12.1 Å². The second-order valence-corrected chi connectivity index (χ2v) is 7.32. The lowest BCUT2D eigenvalue weighted by Crippen LogP contribution is -2.18. The van der Waals surface area contributed by atoms with Crippen molar-refractivity contribution in [3.63, 3.8) is 0 Å². The van der Waals surface area contributed by atoms with Crippen LogP contribution in [0.25, 0.3) is 0 Å². The number of carbonyl (C=O) groups excluding carboxylic acids is 1. The second kappa shape index (κ2) is 9.26. The fourth-order valence-electron chi connectivity index (χ4n) is 2.75. The Labute approximate surface area is 165 Å². The van der Waals surface area contributed by atoms with Crippen molar-refractivity contribution in [2.45, 2.75) is 27.2 Å². The number of hydrazone groups is 1. The lowest BCUT2D eigenvalue weighted by molar-refractivity contribution is 0.0955. The van der Waals surface area contributed by atoms with Crippen LogP contribution in [-0.4, -0.2) is 25.5 Å². The fourth-order valence-corrected chi connectivity index (χ4v) is 2.75. The predicted octanol–water partition coefficient (Wildman–Crippen LogP) is 4.04. The van der Waals surface area contributed by atoms with E-state index >= 15 is 0 Å². The van der Waals surface area contributed by atoms with Crippen molar-refractivity contribution in [3.8, 4) is 17.2 Å². The van der Waals surface area contributed by atoms with E-state index in [1.807, 2.05) is 25.1 Å².